The number of hydrogen-bond acceptors (Lipinski definition) is 5. The fourth-order valence-corrected chi connectivity index (χ4v) is 8.18. The van der Waals surface area contributed by atoms with Crippen molar-refractivity contribution in [1.29, 1.82) is 0 Å². The third-order valence-electron chi connectivity index (χ3n) is 7.79. The summed E-state index contributed by atoms with van der Waals surface area (Å²) in [5.41, 5.74) is 1.28. The van der Waals surface area contributed by atoms with E-state index >= 15 is 0 Å². The van der Waals surface area contributed by atoms with E-state index in [0.717, 1.165) is 17.8 Å². The fourth-order valence-electron chi connectivity index (χ4n) is 6.78. The number of carbonyl (C=O) groups is 1. The highest BCUT2D eigenvalue weighted by Gasteiger charge is 2.50. The van der Waals surface area contributed by atoms with Gasteiger partial charge in [0.25, 0.3) is 15.9 Å². The average Bonchev–Trinajstić information content (AvgIpc) is 2.72. The third kappa shape index (κ3) is 4.40. The van der Waals surface area contributed by atoms with E-state index < -0.39 is 10.0 Å². The molecule has 5 aliphatic rings. The molecule has 5 fully saturated rings. The summed E-state index contributed by atoms with van der Waals surface area (Å²) in [6, 6.07) is 4.94. The fraction of sp³-hybridized carbons (Fsp3) is 0.696. The maximum Gasteiger partial charge on any atom is 0.253 e. The van der Waals surface area contributed by atoms with Crippen LogP contribution in [0.25, 0.3) is 0 Å². The van der Waals surface area contributed by atoms with Gasteiger partial charge in [-0.15, -0.1) is 4.83 Å². The second-order valence-electron chi connectivity index (χ2n) is 10.3. The zero-order valence-corrected chi connectivity index (χ0v) is 19.0. The second-order valence-corrected chi connectivity index (χ2v) is 11.9. The Morgan fingerprint density at radius 3 is 2.32 bits per heavy atom. The Morgan fingerprint density at radius 1 is 1.10 bits per heavy atom. The lowest BCUT2D eigenvalue weighted by Crippen LogP contribution is -2.51. The van der Waals surface area contributed by atoms with Crippen molar-refractivity contribution in [3.05, 3.63) is 29.3 Å². The quantitative estimate of drug-likeness (QED) is 0.700. The Labute approximate surface area is 184 Å². The topological polar surface area (TPSA) is 87.7 Å². The summed E-state index contributed by atoms with van der Waals surface area (Å²) < 4.78 is 31.2. The summed E-state index contributed by atoms with van der Waals surface area (Å²) >= 11 is 0. The normalized spacial score (nSPS) is 32.9. The van der Waals surface area contributed by atoms with Crippen LogP contribution in [0.2, 0.25) is 0 Å². The zero-order valence-electron chi connectivity index (χ0n) is 18.2. The lowest BCUT2D eigenvalue weighted by molar-refractivity contribution is -0.0503. The van der Waals surface area contributed by atoms with Crippen molar-refractivity contribution in [2.24, 2.45) is 23.2 Å². The summed E-state index contributed by atoms with van der Waals surface area (Å²) in [5, 5.41) is 4.81. The summed E-state index contributed by atoms with van der Waals surface area (Å²) in [5.74, 6) is 2.33. The summed E-state index contributed by atoms with van der Waals surface area (Å²) in [7, 11) is -3.76. The number of nitrogens with one attached hydrogen (secondary N) is 2. The van der Waals surface area contributed by atoms with Gasteiger partial charge in [-0.2, -0.15) is 0 Å². The van der Waals surface area contributed by atoms with Crippen LogP contribution in [-0.2, 0) is 14.8 Å². The van der Waals surface area contributed by atoms with Crippen molar-refractivity contribution in [3.8, 4) is 0 Å². The maximum atomic E-state index is 13.0. The predicted molar refractivity (Wildman–Crippen MR) is 117 cm³/mol. The summed E-state index contributed by atoms with van der Waals surface area (Å²) in [6.45, 7) is 4.46. The molecule has 8 heteroatoms. The molecule has 0 unspecified atom stereocenters. The van der Waals surface area contributed by atoms with E-state index in [1.807, 2.05) is 0 Å². The monoisotopic (exact) mass is 447 g/mol. The van der Waals surface area contributed by atoms with E-state index in [2.05, 4.69) is 10.1 Å². The van der Waals surface area contributed by atoms with Crippen LogP contribution in [0.15, 0.2) is 23.1 Å². The molecule has 7 nitrogen and oxygen atoms in total. The van der Waals surface area contributed by atoms with E-state index in [-0.39, 0.29) is 16.2 Å². The highest BCUT2D eigenvalue weighted by Crippen LogP contribution is 2.59. The highest BCUT2D eigenvalue weighted by molar-refractivity contribution is 7.89. The molecule has 1 aliphatic heterocycles. The number of sulfonamides is 1. The van der Waals surface area contributed by atoms with Gasteiger partial charge < -0.3 is 10.1 Å². The molecule has 0 spiro atoms. The van der Waals surface area contributed by atoms with Crippen LogP contribution in [0.3, 0.4) is 0 Å². The molecule has 0 atom stereocenters. The largest absolute Gasteiger partial charge is 0.379 e. The molecule has 1 aromatic carbocycles. The number of benzene rings is 1. The average molecular weight is 448 g/mol. The molecule has 0 aromatic heterocycles. The third-order valence-corrected chi connectivity index (χ3v) is 9.31. The number of morpholine rings is 1. The van der Waals surface area contributed by atoms with Crippen LogP contribution < -0.4 is 10.1 Å². The van der Waals surface area contributed by atoms with Crippen LogP contribution in [0.5, 0.6) is 0 Å². The number of hydrazine groups is 1. The van der Waals surface area contributed by atoms with E-state index in [9.17, 15) is 13.2 Å². The molecule has 1 saturated heterocycles. The molecule has 4 aliphatic carbocycles. The van der Waals surface area contributed by atoms with Crippen molar-refractivity contribution < 1.29 is 17.9 Å². The van der Waals surface area contributed by atoms with E-state index in [1.165, 1.54) is 44.6 Å². The Bertz CT molecular complexity index is 920. The lowest BCUT2D eigenvalue weighted by atomic mass is 9.49. The van der Waals surface area contributed by atoms with E-state index in [0.29, 0.717) is 44.0 Å². The lowest BCUT2D eigenvalue weighted by Gasteiger charge is -2.56. The van der Waals surface area contributed by atoms with Crippen molar-refractivity contribution in [3.63, 3.8) is 0 Å². The maximum absolute atomic E-state index is 13.0. The SMILES string of the molecule is Cc1ccc(C(=O)NCC23CC4CC(CC(C4)C2)C3)cc1S(=O)(=O)NN1CCOCC1. The zero-order chi connectivity index (χ0) is 21.6. The summed E-state index contributed by atoms with van der Waals surface area (Å²) in [6.07, 6.45) is 7.83. The van der Waals surface area contributed by atoms with Crippen molar-refractivity contribution >= 4 is 15.9 Å². The Balaban J connectivity index is 1.28. The van der Waals surface area contributed by atoms with Crippen LogP contribution in [0.1, 0.15) is 54.4 Å². The minimum atomic E-state index is -3.76. The van der Waals surface area contributed by atoms with Gasteiger partial charge in [0, 0.05) is 25.2 Å². The number of carbonyl (C=O) groups excluding carboxylic acids is 1. The minimum Gasteiger partial charge on any atom is -0.379 e. The number of nitrogens with zero attached hydrogens (tertiary/aromatic N) is 1. The number of aryl methyl sites for hydroxylation is 1. The first kappa shape index (κ1) is 21.4. The Morgan fingerprint density at radius 2 is 1.71 bits per heavy atom. The highest BCUT2D eigenvalue weighted by atomic mass is 32.2. The number of amides is 1. The first-order valence-electron chi connectivity index (χ1n) is 11.6. The van der Waals surface area contributed by atoms with Crippen molar-refractivity contribution in [2.75, 3.05) is 32.8 Å². The number of hydrogen-bond donors (Lipinski definition) is 2. The van der Waals surface area contributed by atoms with Crippen molar-refractivity contribution in [1.82, 2.24) is 15.2 Å². The van der Waals surface area contributed by atoms with Crippen LogP contribution in [-0.4, -0.2) is 52.2 Å². The van der Waals surface area contributed by atoms with Crippen LogP contribution in [0.4, 0.5) is 0 Å². The smallest absolute Gasteiger partial charge is 0.253 e. The van der Waals surface area contributed by atoms with Gasteiger partial charge in [-0.1, -0.05) is 6.07 Å². The summed E-state index contributed by atoms with van der Waals surface area (Å²) in [4.78, 5) is 15.8. The molecule has 4 saturated carbocycles. The number of rotatable bonds is 6. The molecule has 1 heterocycles. The molecule has 2 N–H and O–H groups in total. The molecule has 6 rings (SSSR count). The molecule has 1 amide bonds. The molecule has 31 heavy (non-hydrogen) atoms. The van der Waals surface area contributed by atoms with Crippen molar-refractivity contribution in [2.45, 2.75) is 50.3 Å². The van der Waals surface area contributed by atoms with E-state index in [1.54, 1.807) is 24.1 Å². The second kappa shape index (κ2) is 8.14. The van der Waals surface area contributed by atoms with Gasteiger partial charge in [0.15, 0.2) is 0 Å². The molecular formula is C23H33N3O4S. The van der Waals surface area contributed by atoms with Gasteiger partial charge >= 0.3 is 0 Å². The molecule has 4 bridgehead atoms. The first-order valence-corrected chi connectivity index (χ1v) is 13.0. The predicted octanol–water partition coefficient (Wildman–Crippen LogP) is 2.47. The standard InChI is InChI=1S/C23H33N3O4S/c1-16-2-3-20(11-21(16)31(28,29)25-26-4-6-30-7-5-26)22(27)24-15-23-12-17-8-18(13-23)10-19(9-17)14-23/h2-3,11,17-19,25H,4-10,12-15H2,1H3,(H,24,27). The van der Waals surface area contributed by atoms with Gasteiger partial charge in [-0.05, 0) is 86.3 Å². The molecule has 1 aromatic rings. The van der Waals surface area contributed by atoms with Gasteiger partial charge in [0.2, 0.25) is 0 Å². The van der Waals surface area contributed by atoms with Gasteiger partial charge in [-0.25, -0.2) is 13.4 Å². The van der Waals surface area contributed by atoms with Gasteiger partial charge in [0.1, 0.15) is 0 Å². The van der Waals surface area contributed by atoms with Crippen LogP contribution >= 0.6 is 0 Å². The molecule has 170 valence electrons. The molecular weight excluding hydrogens is 414 g/mol. The molecule has 0 radical (unpaired) electrons. The van der Waals surface area contributed by atoms with Gasteiger partial charge in [-0.3, -0.25) is 4.79 Å². The van der Waals surface area contributed by atoms with Gasteiger partial charge in [0.05, 0.1) is 18.1 Å². The Hall–Kier alpha value is -1.48. The van der Waals surface area contributed by atoms with Crippen LogP contribution in [0, 0.1) is 30.1 Å². The minimum absolute atomic E-state index is 0.154. The first-order chi connectivity index (χ1) is 14.8. The Kier molecular flexibility index (Phi) is 5.61. The van der Waals surface area contributed by atoms with E-state index in [4.69, 9.17) is 4.74 Å². The number of ether oxygens (including phenoxy) is 1.